The predicted molar refractivity (Wildman–Crippen MR) is 77.0 cm³/mol. The molecule has 8 nitrogen and oxygen atoms in total. The van der Waals surface area contributed by atoms with Gasteiger partial charge in [0.05, 0.1) is 13.2 Å². The van der Waals surface area contributed by atoms with Crippen LogP contribution in [0.5, 0.6) is 0 Å². The van der Waals surface area contributed by atoms with E-state index in [1.807, 2.05) is 13.0 Å². The van der Waals surface area contributed by atoms with Crippen molar-refractivity contribution in [3.63, 3.8) is 0 Å². The van der Waals surface area contributed by atoms with Crippen molar-refractivity contribution in [1.82, 2.24) is 19.7 Å². The molecule has 0 saturated carbocycles. The van der Waals surface area contributed by atoms with Crippen molar-refractivity contribution in [3.05, 3.63) is 24.8 Å². The smallest absolute Gasteiger partial charge is 0.181 e. The molecule has 0 aromatic carbocycles. The van der Waals surface area contributed by atoms with Gasteiger partial charge in [0.2, 0.25) is 0 Å². The van der Waals surface area contributed by atoms with Gasteiger partial charge in [-0.1, -0.05) is 0 Å². The van der Waals surface area contributed by atoms with Gasteiger partial charge in [0, 0.05) is 25.4 Å². The van der Waals surface area contributed by atoms with E-state index in [9.17, 15) is 0 Å². The first kappa shape index (κ1) is 13.8. The summed E-state index contributed by atoms with van der Waals surface area (Å²) >= 11 is 0. The van der Waals surface area contributed by atoms with Gasteiger partial charge in [0.1, 0.15) is 12.0 Å². The summed E-state index contributed by atoms with van der Waals surface area (Å²) in [5.41, 5.74) is 6.55. The van der Waals surface area contributed by atoms with Gasteiger partial charge in [0.15, 0.2) is 17.4 Å². The number of hydrogen-bond donors (Lipinski definition) is 2. The molecule has 0 bridgehead atoms. The SMILES string of the molecule is CC1(CCNc2ncnc(-n3cccn3)c2N)OCCO1. The first-order chi connectivity index (χ1) is 10.2. The molecule has 0 aliphatic carbocycles. The molecule has 0 amide bonds. The molecule has 2 aromatic heterocycles. The minimum atomic E-state index is -0.528. The molecule has 8 heteroatoms. The van der Waals surface area contributed by atoms with Gasteiger partial charge in [-0.05, 0) is 13.0 Å². The van der Waals surface area contributed by atoms with E-state index in [0.717, 1.165) is 0 Å². The number of nitrogens with zero attached hydrogens (tertiary/aromatic N) is 4. The number of aromatic nitrogens is 4. The van der Waals surface area contributed by atoms with Gasteiger partial charge < -0.3 is 20.5 Å². The Balaban J connectivity index is 1.67. The monoisotopic (exact) mass is 290 g/mol. The van der Waals surface area contributed by atoms with Crippen LogP contribution in [0.15, 0.2) is 24.8 Å². The third-order valence-corrected chi connectivity index (χ3v) is 3.35. The topological polar surface area (TPSA) is 100 Å². The Morgan fingerprint density at radius 2 is 2.19 bits per heavy atom. The zero-order valence-corrected chi connectivity index (χ0v) is 11.8. The predicted octanol–water partition coefficient (Wildman–Crippen LogP) is 0.809. The van der Waals surface area contributed by atoms with Crippen molar-refractivity contribution in [2.75, 3.05) is 30.8 Å². The average molecular weight is 290 g/mol. The number of ether oxygens (including phenoxy) is 2. The van der Waals surface area contributed by atoms with Crippen LogP contribution < -0.4 is 11.1 Å². The number of nitrogens with two attached hydrogens (primary N) is 1. The lowest BCUT2D eigenvalue weighted by molar-refractivity contribution is -0.144. The summed E-state index contributed by atoms with van der Waals surface area (Å²) in [6.45, 7) is 3.83. The first-order valence-corrected chi connectivity index (χ1v) is 6.80. The fourth-order valence-electron chi connectivity index (χ4n) is 2.21. The second-order valence-electron chi connectivity index (χ2n) is 4.92. The molecular formula is C13H18N6O2. The van der Waals surface area contributed by atoms with Crippen molar-refractivity contribution < 1.29 is 9.47 Å². The van der Waals surface area contributed by atoms with Crippen LogP contribution in [0.3, 0.4) is 0 Å². The Hall–Kier alpha value is -2.19. The zero-order valence-electron chi connectivity index (χ0n) is 11.8. The van der Waals surface area contributed by atoms with Crippen molar-refractivity contribution in [2.24, 2.45) is 0 Å². The van der Waals surface area contributed by atoms with Crippen LogP contribution in [0.4, 0.5) is 11.5 Å². The van der Waals surface area contributed by atoms with Gasteiger partial charge >= 0.3 is 0 Å². The van der Waals surface area contributed by atoms with E-state index in [4.69, 9.17) is 15.2 Å². The number of anilines is 2. The second kappa shape index (κ2) is 5.66. The lowest BCUT2D eigenvalue weighted by Crippen LogP contribution is -2.28. The first-order valence-electron chi connectivity index (χ1n) is 6.80. The van der Waals surface area contributed by atoms with E-state index in [1.165, 1.54) is 6.33 Å². The maximum absolute atomic E-state index is 6.09. The zero-order chi connectivity index (χ0) is 14.7. The number of nitrogen functional groups attached to an aromatic ring is 1. The van der Waals surface area contributed by atoms with Crippen LogP contribution in [-0.2, 0) is 9.47 Å². The quantitative estimate of drug-likeness (QED) is 0.840. The van der Waals surface area contributed by atoms with Crippen molar-refractivity contribution >= 4 is 11.5 Å². The summed E-state index contributed by atoms with van der Waals surface area (Å²) in [7, 11) is 0. The molecule has 3 heterocycles. The van der Waals surface area contributed by atoms with E-state index in [-0.39, 0.29) is 0 Å². The summed E-state index contributed by atoms with van der Waals surface area (Å²) in [4.78, 5) is 8.32. The van der Waals surface area contributed by atoms with E-state index >= 15 is 0 Å². The normalized spacial score (nSPS) is 17.0. The molecule has 3 N–H and O–H groups in total. The van der Waals surface area contributed by atoms with Gasteiger partial charge in [-0.3, -0.25) is 0 Å². The highest BCUT2D eigenvalue weighted by molar-refractivity contribution is 5.68. The Labute approximate surface area is 122 Å². The van der Waals surface area contributed by atoms with E-state index in [0.29, 0.717) is 43.5 Å². The average Bonchev–Trinajstić information content (AvgIpc) is 3.13. The minimum Gasteiger partial charge on any atom is -0.393 e. The van der Waals surface area contributed by atoms with Gasteiger partial charge in [-0.2, -0.15) is 5.10 Å². The molecule has 0 unspecified atom stereocenters. The molecule has 21 heavy (non-hydrogen) atoms. The van der Waals surface area contributed by atoms with E-state index < -0.39 is 5.79 Å². The molecule has 0 radical (unpaired) electrons. The largest absolute Gasteiger partial charge is 0.393 e. The van der Waals surface area contributed by atoms with Crippen molar-refractivity contribution in [1.29, 1.82) is 0 Å². The molecule has 112 valence electrons. The Kier molecular flexibility index (Phi) is 3.72. The Morgan fingerprint density at radius 1 is 1.38 bits per heavy atom. The maximum Gasteiger partial charge on any atom is 0.181 e. The van der Waals surface area contributed by atoms with Crippen LogP contribution in [0.1, 0.15) is 13.3 Å². The van der Waals surface area contributed by atoms with Crippen molar-refractivity contribution in [3.8, 4) is 5.82 Å². The molecule has 2 aromatic rings. The number of hydrogen-bond acceptors (Lipinski definition) is 7. The molecule has 0 spiro atoms. The van der Waals surface area contributed by atoms with E-state index in [2.05, 4.69) is 20.4 Å². The number of nitrogens with one attached hydrogen (secondary N) is 1. The summed E-state index contributed by atoms with van der Waals surface area (Å²) < 4.78 is 12.7. The molecular weight excluding hydrogens is 272 g/mol. The van der Waals surface area contributed by atoms with Crippen molar-refractivity contribution in [2.45, 2.75) is 19.1 Å². The summed E-state index contributed by atoms with van der Waals surface area (Å²) in [6, 6.07) is 1.81. The lowest BCUT2D eigenvalue weighted by Gasteiger charge is -2.22. The molecule has 1 fully saturated rings. The van der Waals surface area contributed by atoms with E-state index in [1.54, 1.807) is 17.1 Å². The van der Waals surface area contributed by atoms with Crippen LogP contribution in [0.25, 0.3) is 5.82 Å². The van der Waals surface area contributed by atoms with Gasteiger partial charge in [-0.25, -0.2) is 14.6 Å². The Bertz CT molecular complexity index is 595. The highest BCUT2D eigenvalue weighted by Gasteiger charge is 2.30. The lowest BCUT2D eigenvalue weighted by atomic mass is 10.2. The van der Waals surface area contributed by atoms with Crippen LogP contribution in [-0.4, -0.2) is 45.3 Å². The highest BCUT2D eigenvalue weighted by atomic mass is 16.7. The van der Waals surface area contributed by atoms with Crippen LogP contribution >= 0.6 is 0 Å². The number of rotatable bonds is 5. The fraction of sp³-hybridized carbons (Fsp3) is 0.462. The highest BCUT2D eigenvalue weighted by Crippen LogP contribution is 2.24. The molecule has 1 aliphatic rings. The van der Waals surface area contributed by atoms with Gasteiger partial charge in [-0.15, -0.1) is 0 Å². The second-order valence-corrected chi connectivity index (χ2v) is 4.92. The summed E-state index contributed by atoms with van der Waals surface area (Å²) in [6.07, 6.45) is 5.61. The Morgan fingerprint density at radius 3 is 2.90 bits per heavy atom. The van der Waals surface area contributed by atoms with Gasteiger partial charge in [0.25, 0.3) is 0 Å². The third-order valence-electron chi connectivity index (χ3n) is 3.35. The third kappa shape index (κ3) is 2.96. The molecule has 0 atom stereocenters. The standard InChI is InChI=1S/C13H18N6O2/c1-13(20-7-8-21-13)3-5-15-11-10(14)12(17-9-16-11)19-6-2-4-18-19/h2,4,6,9H,3,5,7-8,14H2,1H3,(H,15,16,17). The summed E-state index contributed by atoms with van der Waals surface area (Å²) in [5, 5.41) is 7.31. The summed E-state index contributed by atoms with van der Waals surface area (Å²) in [5.74, 6) is 0.605. The fourth-order valence-corrected chi connectivity index (χ4v) is 2.21. The van der Waals surface area contributed by atoms with Crippen LogP contribution in [0, 0.1) is 0 Å². The maximum atomic E-state index is 6.09. The molecule has 1 saturated heterocycles. The molecule has 1 aliphatic heterocycles. The molecule has 3 rings (SSSR count). The minimum absolute atomic E-state index is 0.458. The van der Waals surface area contributed by atoms with Crippen LogP contribution in [0.2, 0.25) is 0 Å².